The van der Waals surface area contributed by atoms with Gasteiger partial charge in [-0.05, 0) is 52.9 Å². The summed E-state index contributed by atoms with van der Waals surface area (Å²) in [6.45, 7) is 0.774. The number of carbonyl (C=O) groups is 1. The number of methoxy groups -OCH3 is 1. The third-order valence-corrected chi connectivity index (χ3v) is 5.43. The first kappa shape index (κ1) is 19.8. The monoisotopic (exact) mass is 495 g/mol. The number of hydrogen-bond acceptors (Lipinski definition) is 5. The summed E-state index contributed by atoms with van der Waals surface area (Å²) in [6, 6.07) is 14.8. The molecule has 1 N–H and O–H groups in total. The summed E-state index contributed by atoms with van der Waals surface area (Å²) in [4.78, 5) is 29.6. The normalized spacial score (nSPS) is 10.9. The fraction of sp³-hybridized carbons (Fsp3) is 0.211. The lowest BCUT2D eigenvalue weighted by Crippen LogP contribution is -2.26. The van der Waals surface area contributed by atoms with Gasteiger partial charge in [0.05, 0.1) is 29.8 Å². The van der Waals surface area contributed by atoms with Crippen LogP contribution < -0.4 is 10.9 Å². The molecule has 0 spiro atoms. The number of carbonyl (C=O) groups excluding carboxylic acids is 1. The largest absolute Gasteiger partial charge is 0.383 e. The van der Waals surface area contributed by atoms with Crippen molar-refractivity contribution in [3.63, 3.8) is 0 Å². The maximum atomic E-state index is 12.8. The van der Waals surface area contributed by atoms with E-state index in [1.807, 2.05) is 36.4 Å². The van der Waals surface area contributed by atoms with Crippen molar-refractivity contribution >= 4 is 56.9 Å². The van der Waals surface area contributed by atoms with Gasteiger partial charge in [0.1, 0.15) is 0 Å². The van der Waals surface area contributed by atoms with Crippen LogP contribution in [0.2, 0.25) is 0 Å². The average Bonchev–Trinajstić information content (AvgIpc) is 2.66. The van der Waals surface area contributed by atoms with Gasteiger partial charge in [-0.25, -0.2) is 4.98 Å². The van der Waals surface area contributed by atoms with Gasteiger partial charge in [-0.15, -0.1) is 0 Å². The van der Waals surface area contributed by atoms with Crippen LogP contribution in [0.1, 0.15) is 0 Å². The molecule has 0 aliphatic rings. The van der Waals surface area contributed by atoms with Gasteiger partial charge >= 0.3 is 0 Å². The van der Waals surface area contributed by atoms with Gasteiger partial charge in [0.25, 0.3) is 5.56 Å². The zero-order valence-electron chi connectivity index (χ0n) is 14.6. The Balaban J connectivity index is 1.80. The number of aromatic nitrogens is 2. The molecule has 0 aliphatic carbocycles. The van der Waals surface area contributed by atoms with E-state index >= 15 is 0 Å². The van der Waals surface area contributed by atoms with E-state index in [1.165, 1.54) is 11.8 Å². The highest BCUT2D eigenvalue weighted by atomic mass is 127. The Morgan fingerprint density at radius 1 is 1.26 bits per heavy atom. The second-order valence-corrected chi connectivity index (χ2v) is 7.90. The van der Waals surface area contributed by atoms with E-state index in [0.717, 1.165) is 9.26 Å². The van der Waals surface area contributed by atoms with Gasteiger partial charge in [0, 0.05) is 16.4 Å². The third kappa shape index (κ3) is 5.08. The Morgan fingerprint density at radius 3 is 2.85 bits per heavy atom. The molecule has 0 unspecified atom stereocenters. The molecular weight excluding hydrogens is 477 g/mol. The summed E-state index contributed by atoms with van der Waals surface area (Å²) >= 11 is 3.44. The van der Waals surface area contributed by atoms with Crippen LogP contribution in [0.15, 0.2) is 58.5 Å². The molecule has 0 aliphatic heterocycles. The minimum Gasteiger partial charge on any atom is -0.383 e. The number of hydrogen-bond donors (Lipinski definition) is 1. The van der Waals surface area contributed by atoms with Gasteiger partial charge in [0.2, 0.25) is 5.91 Å². The van der Waals surface area contributed by atoms with Crippen LogP contribution in [-0.2, 0) is 16.1 Å². The van der Waals surface area contributed by atoms with Crippen LogP contribution in [0.5, 0.6) is 0 Å². The molecule has 2 aromatic carbocycles. The summed E-state index contributed by atoms with van der Waals surface area (Å²) < 4.78 is 7.72. The van der Waals surface area contributed by atoms with Gasteiger partial charge in [-0.1, -0.05) is 30.0 Å². The van der Waals surface area contributed by atoms with Crippen LogP contribution in [0.25, 0.3) is 10.9 Å². The van der Waals surface area contributed by atoms with Crippen molar-refractivity contribution in [1.82, 2.24) is 9.55 Å². The Kier molecular flexibility index (Phi) is 6.86. The maximum Gasteiger partial charge on any atom is 0.262 e. The molecule has 6 nitrogen and oxygen atoms in total. The molecule has 1 aromatic heterocycles. The number of fused-ring (bicyclic) bond motifs is 1. The minimum atomic E-state index is -0.150. The van der Waals surface area contributed by atoms with Gasteiger partial charge in [-0.2, -0.15) is 0 Å². The lowest BCUT2D eigenvalue weighted by Gasteiger charge is -2.12. The Hall–Kier alpha value is -1.91. The number of nitrogens with one attached hydrogen (secondary N) is 1. The first-order chi connectivity index (χ1) is 13.1. The van der Waals surface area contributed by atoms with E-state index in [9.17, 15) is 9.59 Å². The maximum absolute atomic E-state index is 12.8. The van der Waals surface area contributed by atoms with Crippen LogP contribution in [0.3, 0.4) is 0 Å². The predicted molar refractivity (Wildman–Crippen MR) is 116 cm³/mol. The van der Waals surface area contributed by atoms with Crippen molar-refractivity contribution in [2.45, 2.75) is 11.7 Å². The molecule has 0 saturated carbocycles. The number of ether oxygens (including phenoxy) is 1. The van der Waals surface area contributed by atoms with Crippen molar-refractivity contribution in [3.05, 3.63) is 62.5 Å². The Labute approximate surface area is 174 Å². The van der Waals surface area contributed by atoms with Crippen molar-refractivity contribution in [1.29, 1.82) is 0 Å². The highest BCUT2D eigenvalue weighted by Crippen LogP contribution is 2.19. The van der Waals surface area contributed by atoms with E-state index in [4.69, 9.17) is 4.74 Å². The number of para-hydroxylation sites is 1. The number of anilines is 1. The molecule has 140 valence electrons. The molecular formula is C19H18IN3O3S. The molecule has 8 heteroatoms. The fourth-order valence-electron chi connectivity index (χ4n) is 2.53. The Morgan fingerprint density at radius 2 is 2.07 bits per heavy atom. The summed E-state index contributed by atoms with van der Waals surface area (Å²) in [5.74, 6) is 0.00571. The predicted octanol–water partition coefficient (Wildman–Crippen LogP) is 3.38. The van der Waals surface area contributed by atoms with Crippen molar-refractivity contribution in [2.24, 2.45) is 0 Å². The van der Waals surface area contributed by atoms with E-state index in [-0.39, 0.29) is 17.2 Å². The lowest BCUT2D eigenvalue weighted by molar-refractivity contribution is -0.113. The minimum absolute atomic E-state index is 0.127. The standard InChI is InChI=1S/C19H18IN3O3S/c1-26-10-9-23-18(25)15-7-2-3-8-16(15)22-19(23)27-12-17(24)21-14-6-4-5-13(20)11-14/h2-8,11H,9-10,12H2,1H3,(H,21,24). The second kappa shape index (κ2) is 9.34. The van der Waals surface area contributed by atoms with Gasteiger partial charge < -0.3 is 10.1 Å². The quantitative estimate of drug-likeness (QED) is 0.309. The van der Waals surface area contributed by atoms with Crippen molar-refractivity contribution < 1.29 is 9.53 Å². The molecule has 27 heavy (non-hydrogen) atoms. The number of rotatable bonds is 7. The third-order valence-electron chi connectivity index (χ3n) is 3.79. The Bertz CT molecular complexity index is 1020. The van der Waals surface area contributed by atoms with Crippen LogP contribution >= 0.6 is 34.4 Å². The molecule has 3 rings (SSSR count). The van der Waals surface area contributed by atoms with Gasteiger partial charge in [-0.3, -0.25) is 14.2 Å². The molecule has 0 saturated heterocycles. The second-order valence-electron chi connectivity index (χ2n) is 5.71. The van der Waals surface area contributed by atoms with E-state index in [0.29, 0.717) is 29.2 Å². The van der Waals surface area contributed by atoms with E-state index in [2.05, 4.69) is 32.9 Å². The molecule has 0 fully saturated rings. The van der Waals surface area contributed by atoms with Crippen LogP contribution in [0, 0.1) is 3.57 Å². The smallest absolute Gasteiger partial charge is 0.262 e. The molecule has 3 aromatic rings. The topological polar surface area (TPSA) is 73.2 Å². The first-order valence-electron chi connectivity index (χ1n) is 8.25. The summed E-state index contributed by atoms with van der Waals surface area (Å²) in [6.07, 6.45) is 0. The molecule has 0 bridgehead atoms. The number of thioether (sulfide) groups is 1. The van der Waals surface area contributed by atoms with Gasteiger partial charge in [0.15, 0.2) is 5.16 Å². The highest BCUT2D eigenvalue weighted by molar-refractivity contribution is 14.1. The first-order valence-corrected chi connectivity index (χ1v) is 10.3. The number of nitrogens with zero attached hydrogens (tertiary/aromatic N) is 2. The lowest BCUT2D eigenvalue weighted by atomic mass is 10.2. The number of amides is 1. The van der Waals surface area contributed by atoms with Crippen molar-refractivity contribution in [3.8, 4) is 0 Å². The number of halogens is 1. The zero-order chi connectivity index (χ0) is 19.2. The fourth-order valence-corrected chi connectivity index (χ4v) is 3.90. The highest BCUT2D eigenvalue weighted by Gasteiger charge is 2.13. The van der Waals surface area contributed by atoms with Crippen LogP contribution in [0.4, 0.5) is 5.69 Å². The van der Waals surface area contributed by atoms with E-state index < -0.39 is 0 Å². The molecule has 0 atom stereocenters. The van der Waals surface area contributed by atoms with Crippen molar-refractivity contribution in [2.75, 3.05) is 24.8 Å². The zero-order valence-corrected chi connectivity index (χ0v) is 17.6. The summed E-state index contributed by atoms with van der Waals surface area (Å²) in [5.41, 5.74) is 1.24. The average molecular weight is 495 g/mol. The van der Waals surface area contributed by atoms with Crippen LogP contribution in [-0.4, -0.2) is 34.9 Å². The molecule has 0 radical (unpaired) electrons. The summed E-state index contributed by atoms with van der Waals surface area (Å²) in [5, 5.41) is 3.93. The molecule has 1 heterocycles. The summed E-state index contributed by atoms with van der Waals surface area (Å²) in [7, 11) is 1.58. The van der Waals surface area contributed by atoms with E-state index in [1.54, 1.807) is 23.8 Å². The number of benzene rings is 2. The molecule has 1 amide bonds. The SMILES string of the molecule is COCCn1c(SCC(=O)Nc2cccc(I)c2)nc2ccccc2c1=O.